The number of nitrogens with one attached hydrogen (secondary N) is 1. The van der Waals surface area contributed by atoms with Gasteiger partial charge in [-0.3, -0.25) is 4.79 Å². The van der Waals surface area contributed by atoms with Crippen molar-refractivity contribution >= 4 is 27.8 Å². The highest BCUT2D eigenvalue weighted by Gasteiger charge is 2.28. The van der Waals surface area contributed by atoms with E-state index >= 15 is 0 Å². The van der Waals surface area contributed by atoms with E-state index in [1.54, 1.807) is 63.6 Å². The van der Waals surface area contributed by atoms with E-state index in [0.717, 1.165) is 11.8 Å². The van der Waals surface area contributed by atoms with Crippen molar-refractivity contribution in [3.63, 3.8) is 0 Å². The van der Waals surface area contributed by atoms with E-state index in [0.29, 0.717) is 17.7 Å². The Morgan fingerprint density at radius 1 is 1.16 bits per heavy atom. The molecule has 0 saturated carbocycles. The Labute approximate surface area is 222 Å². The van der Waals surface area contributed by atoms with Crippen molar-refractivity contribution in [2.24, 2.45) is 0 Å². The second-order valence-electron chi connectivity index (χ2n) is 9.95. The summed E-state index contributed by atoms with van der Waals surface area (Å²) in [5, 5.41) is 2.65. The fourth-order valence-electron chi connectivity index (χ4n) is 3.63. The molecule has 10 heteroatoms. The first-order valence-electron chi connectivity index (χ1n) is 12.0. The normalized spacial score (nSPS) is 12.9. The van der Waals surface area contributed by atoms with Crippen LogP contribution in [0.5, 0.6) is 0 Å². The van der Waals surface area contributed by atoms with Crippen LogP contribution in [-0.4, -0.2) is 53.5 Å². The molecule has 0 aliphatic rings. The number of halogens is 1. The molecule has 0 spiro atoms. The van der Waals surface area contributed by atoms with Crippen molar-refractivity contribution < 1.29 is 27.1 Å². The van der Waals surface area contributed by atoms with E-state index in [9.17, 15) is 22.4 Å². The van der Waals surface area contributed by atoms with Gasteiger partial charge < -0.3 is 14.6 Å². The number of carbonyl (C=O) groups is 2. The molecule has 202 valence electrons. The summed E-state index contributed by atoms with van der Waals surface area (Å²) in [5.74, 6) is -2.02. The Morgan fingerprint density at radius 3 is 2.47 bits per heavy atom. The molecule has 0 aliphatic heterocycles. The molecule has 0 aliphatic carbocycles. The first kappa shape index (κ1) is 28.8. The Balaban J connectivity index is 1.92. The molecule has 8 nitrogen and oxygen atoms in total. The molecule has 1 aromatic heterocycles. The lowest BCUT2D eigenvalue weighted by molar-refractivity contribution is -0.157. The molecule has 0 radical (unpaired) electrons. The van der Waals surface area contributed by atoms with Crippen LogP contribution in [0.3, 0.4) is 0 Å². The summed E-state index contributed by atoms with van der Waals surface area (Å²) >= 11 is 0. The number of sulfone groups is 1. The number of hydrogen-bond acceptors (Lipinski definition) is 6. The van der Waals surface area contributed by atoms with Crippen molar-refractivity contribution in [3.8, 4) is 11.1 Å². The molecule has 1 heterocycles. The maximum atomic E-state index is 13.6. The van der Waals surface area contributed by atoms with Crippen LogP contribution in [-0.2, 0) is 25.9 Å². The van der Waals surface area contributed by atoms with Crippen molar-refractivity contribution in [2.75, 3.05) is 12.0 Å². The van der Waals surface area contributed by atoms with Gasteiger partial charge in [0.05, 0.1) is 12.1 Å². The van der Waals surface area contributed by atoms with E-state index in [4.69, 9.17) is 4.74 Å². The molecule has 2 aromatic carbocycles. The number of allylic oxidation sites excluding steroid dienone is 1. The zero-order valence-corrected chi connectivity index (χ0v) is 22.7. The number of aromatic nitrogens is 2. The van der Waals surface area contributed by atoms with Gasteiger partial charge in [-0.2, -0.15) is 0 Å². The highest BCUT2D eigenvalue weighted by atomic mass is 32.2. The number of benzene rings is 2. The van der Waals surface area contributed by atoms with E-state index < -0.39 is 39.2 Å². The van der Waals surface area contributed by atoms with Gasteiger partial charge in [-0.05, 0) is 68.1 Å². The number of nitrogens with zero attached hydrogens (tertiary/aromatic N) is 2. The molecular formula is C28H32FN3O5S. The van der Waals surface area contributed by atoms with Gasteiger partial charge in [-0.25, -0.2) is 22.6 Å². The van der Waals surface area contributed by atoms with E-state index in [-0.39, 0.29) is 17.7 Å². The number of rotatable bonds is 10. The number of hydrogen-bond donors (Lipinski definition) is 1. The molecule has 1 N–H and O–H groups in total. The maximum Gasteiger partial charge on any atom is 0.329 e. The topological polar surface area (TPSA) is 107 Å². The standard InChI is InChI=1S/C28H32FN3O5S/c1-28(2,3)37-27(34)25(13-17-38(4,35)36)31-26(33)23-12-7-20(6-5-15-32-16-14-30-19-32)18-24(23)21-8-10-22(29)11-9-21/h5-12,14,16,18-19,25H,13,15,17H2,1-4H3,(H,31,33)/t25-/m0/s1. The van der Waals surface area contributed by atoms with Crippen LogP contribution in [0, 0.1) is 5.82 Å². The van der Waals surface area contributed by atoms with Gasteiger partial charge in [-0.1, -0.05) is 30.4 Å². The van der Waals surface area contributed by atoms with E-state index in [1.807, 2.05) is 22.9 Å². The monoisotopic (exact) mass is 541 g/mol. The number of ether oxygens (including phenoxy) is 1. The molecular weight excluding hydrogens is 509 g/mol. The second-order valence-corrected chi connectivity index (χ2v) is 12.2. The molecule has 0 bridgehead atoms. The maximum absolute atomic E-state index is 13.6. The zero-order valence-electron chi connectivity index (χ0n) is 21.8. The lowest BCUT2D eigenvalue weighted by atomic mass is 9.96. The minimum Gasteiger partial charge on any atom is -0.458 e. The summed E-state index contributed by atoms with van der Waals surface area (Å²) in [6.07, 6.45) is 9.99. The van der Waals surface area contributed by atoms with E-state index in [2.05, 4.69) is 10.3 Å². The molecule has 3 rings (SSSR count). The molecule has 1 atom stereocenters. The molecule has 0 unspecified atom stereocenters. The largest absolute Gasteiger partial charge is 0.458 e. The van der Waals surface area contributed by atoms with Crippen LogP contribution in [0.1, 0.15) is 43.1 Å². The van der Waals surface area contributed by atoms with Crippen molar-refractivity contribution in [1.82, 2.24) is 14.9 Å². The first-order chi connectivity index (χ1) is 17.8. The van der Waals surface area contributed by atoms with Crippen LogP contribution >= 0.6 is 0 Å². The SMILES string of the molecule is CC(C)(C)OC(=O)[C@H](CCS(C)(=O)=O)NC(=O)c1ccc(C=CCn2ccnc2)cc1-c1ccc(F)cc1. The zero-order chi connectivity index (χ0) is 27.9. The summed E-state index contributed by atoms with van der Waals surface area (Å²) in [6.45, 7) is 5.66. The molecule has 38 heavy (non-hydrogen) atoms. The summed E-state index contributed by atoms with van der Waals surface area (Å²) in [4.78, 5) is 30.2. The summed E-state index contributed by atoms with van der Waals surface area (Å²) in [5.41, 5.74) is 1.36. The van der Waals surface area contributed by atoms with Gasteiger partial charge in [0.1, 0.15) is 27.3 Å². The molecule has 1 amide bonds. The fraction of sp³-hybridized carbons (Fsp3) is 0.321. The summed E-state index contributed by atoms with van der Waals surface area (Å²) in [7, 11) is -3.39. The van der Waals surface area contributed by atoms with Crippen LogP contribution in [0.4, 0.5) is 4.39 Å². The Kier molecular flexibility index (Phi) is 9.22. The van der Waals surface area contributed by atoms with Crippen molar-refractivity contribution in [3.05, 3.63) is 84.2 Å². The first-order valence-corrected chi connectivity index (χ1v) is 14.1. The third kappa shape index (κ3) is 8.95. The number of imidazole rings is 1. The third-order valence-electron chi connectivity index (χ3n) is 5.40. The van der Waals surface area contributed by atoms with Crippen LogP contribution in [0.15, 0.2) is 67.3 Å². The smallest absolute Gasteiger partial charge is 0.329 e. The van der Waals surface area contributed by atoms with Gasteiger partial charge in [0.15, 0.2) is 0 Å². The van der Waals surface area contributed by atoms with Crippen LogP contribution < -0.4 is 5.32 Å². The second kappa shape index (κ2) is 12.2. The Hall–Kier alpha value is -3.79. The van der Waals surface area contributed by atoms with Crippen molar-refractivity contribution in [1.29, 1.82) is 0 Å². The van der Waals surface area contributed by atoms with Crippen molar-refractivity contribution in [2.45, 2.75) is 45.4 Å². The predicted octanol–water partition coefficient (Wildman–Crippen LogP) is 4.28. The van der Waals surface area contributed by atoms with Crippen LogP contribution in [0.2, 0.25) is 0 Å². The third-order valence-corrected chi connectivity index (χ3v) is 6.38. The Morgan fingerprint density at radius 2 is 1.87 bits per heavy atom. The molecule has 0 saturated heterocycles. The van der Waals surface area contributed by atoms with Gasteiger partial charge in [0.2, 0.25) is 0 Å². The minimum atomic E-state index is -3.39. The van der Waals surface area contributed by atoms with Crippen LogP contribution in [0.25, 0.3) is 17.2 Å². The van der Waals surface area contributed by atoms with Gasteiger partial charge in [0, 0.05) is 30.8 Å². The molecule has 0 fully saturated rings. The number of carbonyl (C=O) groups excluding carboxylic acids is 2. The average molecular weight is 542 g/mol. The molecule has 3 aromatic rings. The van der Waals surface area contributed by atoms with Gasteiger partial charge in [0.25, 0.3) is 5.91 Å². The average Bonchev–Trinajstić information content (AvgIpc) is 3.34. The summed E-state index contributed by atoms with van der Waals surface area (Å²) < 4.78 is 44.5. The predicted molar refractivity (Wildman–Crippen MR) is 145 cm³/mol. The number of amides is 1. The van der Waals surface area contributed by atoms with E-state index in [1.165, 1.54) is 12.1 Å². The van der Waals surface area contributed by atoms with Gasteiger partial charge >= 0.3 is 5.97 Å². The Bertz CT molecular complexity index is 1390. The quantitative estimate of drug-likeness (QED) is 0.384. The number of esters is 1. The summed E-state index contributed by atoms with van der Waals surface area (Å²) in [6, 6.07) is 9.73. The van der Waals surface area contributed by atoms with Gasteiger partial charge in [-0.15, -0.1) is 0 Å². The highest BCUT2D eigenvalue weighted by molar-refractivity contribution is 7.90. The lowest BCUT2D eigenvalue weighted by Gasteiger charge is -2.25. The fourth-order valence-corrected chi connectivity index (χ4v) is 4.29. The highest BCUT2D eigenvalue weighted by Crippen LogP contribution is 2.27. The minimum absolute atomic E-state index is 0.138. The lowest BCUT2D eigenvalue weighted by Crippen LogP contribution is -2.45.